The van der Waals surface area contributed by atoms with E-state index in [1.54, 1.807) is 0 Å². The van der Waals surface area contributed by atoms with Crippen molar-refractivity contribution in [2.24, 2.45) is 0 Å². The Morgan fingerprint density at radius 1 is 1.07 bits per heavy atom. The Kier molecular flexibility index (Phi) is 4.83. The zero-order chi connectivity index (χ0) is 11.3. The summed E-state index contributed by atoms with van der Waals surface area (Å²) in [5.74, 6) is 0.570. The molecule has 0 bridgehead atoms. The van der Waals surface area contributed by atoms with E-state index < -0.39 is 0 Å². The van der Waals surface area contributed by atoms with Crippen LogP contribution in [0.15, 0.2) is 30.3 Å². The minimum Gasteiger partial charge on any atom is -0.311 e. The average molecular weight is 205 g/mol. The highest BCUT2D eigenvalue weighted by Crippen LogP contribution is 2.18. The van der Waals surface area contributed by atoms with Gasteiger partial charge in [0.25, 0.3) is 0 Å². The summed E-state index contributed by atoms with van der Waals surface area (Å²) in [6.07, 6.45) is 1.19. The van der Waals surface area contributed by atoms with E-state index in [1.807, 2.05) is 0 Å². The fourth-order valence-corrected chi connectivity index (χ4v) is 1.76. The first-order valence-electron chi connectivity index (χ1n) is 5.96. The molecule has 3 atom stereocenters. The summed E-state index contributed by atoms with van der Waals surface area (Å²) in [5, 5.41) is 3.63. The maximum Gasteiger partial charge on any atom is 0.0107 e. The summed E-state index contributed by atoms with van der Waals surface area (Å²) in [7, 11) is 0. The summed E-state index contributed by atoms with van der Waals surface area (Å²) >= 11 is 0. The van der Waals surface area contributed by atoms with E-state index >= 15 is 0 Å². The minimum absolute atomic E-state index is 0.530. The maximum atomic E-state index is 3.63. The minimum atomic E-state index is 0.530. The molecule has 1 aromatic rings. The van der Waals surface area contributed by atoms with E-state index in [1.165, 1.54) is 12.0 Å². The van der Waals surface area contributed by atoms with E-state index in [0.717, 1.165) is 0 Å². The Bertz CT molecular complexity index is 268. The molecule has 0 aliphatic carbocycles. The monoisotopic (exact) mass is 205 g/mol. The third-order valence-electron chi connectivity index (χ3n) is 3.24. The van der Waals surface area contributed by atoms with E-state index in [2.05, 4.69) is 63.3 Å². The van der Waals surface area contributed by atoms with Crippen molar-refractivity contribution < 1.29 is 0 Å². The highest BCUT2D eigenvalue weighted by atomic mass is 14.9. The molecular formula is C14H23N. The lowest BCUT2D eigenvalue weighted by molar-refractivity contribution is 0.416. The van der Waals surface area contributed by atoms with Crippen molar-refractivity contribution in [3.63, 3.8) is 0 Å². The van der Waals surface area contributed by atoms with Crippen LogP contribution < -0.4 is 5.32 Å². The quantitative estimate of drug-likeness (QED) is 0.775. The first kappa shape index (κ1) is 12.3. The van der Waals surface area contributed by atoms with Crippen LogP contribution in [-0.2, 0) is 0 Å². The molecule has 0 spiro atoms. The molecule has 0 fully saturated rings. The Balaban J connectivity index is 2.57. The van der Waals surface area contributed by atoms with Gasteiger partial charge in [0.15, 0.2) is 0 Å². The lowest BCUT2D eigenvalue weighted by atomic mass is 9.94. The van der Waals surface area contributed by atoms with Crippen LogP contribution in [0.4, 0.5) is 0 Å². The molecule has 0 radical (unpaired) electrons. The van der Waals surface area contributed by atoms with Crippen molar-refractivity contribution in [2.75, 3.05) is 0 Å². The summed E-state index contributed by atoms with van der Waals surface area (Å²) in [4.78, 5) is 0. The Labute approximate surface area is 93.9 Å². The summed E-state index contributed by atoms with van der Waals surface area (Å²) < 4.78 is 0. The molecule has 3 unspecified atom stereocenters. The van der Waals surface area contributed by atoms with Crippen LogP contribution in [0.5, 0.6) is 0 Å². The number of hydrogen-bond donors (Lipinski definition) is 1. The van der Waals surface area contributed by atoms with Crippen molar-refractivity contribution >= 4 is 0 Å². The van der Waals surface area contributed by atoms with Gasteiger partial charge in [-0.05, 0) is 31.7 Å². The molecule has 0 saturated heterocycles. The molecule has 1 nitrogen and oxygen atoms in total. The normalized spacial score (nSPS) is 17.1. The Hall–Kier alpha value is -0.820. The van der Waals surface area contributed by atoms with Crippen LogP contribution in [0.1, 0.15) is 45.6 Å². The second kappa shape index (κ2) is 5.92. The van der Waals surface area contributed by atoms with Crippen molar-refractivity contribution in [1.29, 1.82) is 0 Å². The van der Waals surface area contributed by atoms with E-state index in [-0.39, 0.29) is 0 Å². The van der Waals surface area contributed by atoms with Gasteiger partial charge in [-0.2, -0.15) is 0 Å². The zero-order valence-electron chi connectivity index (χ0n) is 10.3. The smallest absolute Gasteiger partial charge is 0.0107 e. The molecule has 1 N–H and O–H groups in total. The molecule has 84 valence electrons. The van der Waals surface area contributed by atoms with Crippen LogP contribution in [-0.4, -0.2) is 12.1 Å². The first-order valence-corrected chi connectivity index (χ1v) is 5.96. The van der Waals surface area contributed by atoms with Gasteiger partial charge in [-0.1, -0.05) is 44.2 Å². The zero-order valence-corrected chi connectivity index (χ0v) is 10.3. The fourth-order valence-electron chi connectivity index (χ4n) is 1.76. The van der Waals surface area contributed by atoms with Gasteiger partial charge in [0.2, 0.25) is 0 Å². The van der Waals surface area contributed by atoms with Gasteiger partial charge >= 0.3 is 0 Å². The molecule has 0 amide bonds. The maximum absolute atomic E-state index is 3.63. The van der Waals surface area contributed by atoms with Gasteiger partial charge in [-0.25, -0.2) is 0 Å². The molecule has 0 heterocycles. The second-order valence-corrected chi connectivity index (χ2v) is 4.46. The van der Waals surface area contributed by atoms with Gasteiger partial charge in [0, 0.05) is 12.1 Å². The Morgan fingerprint density at radius 3 is 2.20 bits per heavy atom. The standard InChI is InChI=1S/C14H23N/c1-5-11(2)15-13(4)12(3)14-9-7-6-8-10-14/h6-13,15H,5H2,1-4H3. The molecular weight excluding hydrogens is 182 g/mol. The molecule has 15 heavy (non-hydrogen) atoms. The highest BCUT2D eigenvalue weighted by Gasteiger charge is 2.14. The molecule has 0 aliphatic rings. The average Bonchev–Trinajstić information content (AvgIpc) is 2.29. The predicted molar refractivity (Wildman–Crippen MR) is 67.2 cm³/mol. The molecule has 0 aliphatic heterocycles. The van der Waals surface area contributed by atoms with Crippen LogP contribution in [0.25, 0.3) is 0 Å². The van der Waals surface area contributed by atoms with Crippen molar-refractivity contribution in [3.8, 4) is 0 Å². The number of benzene rings is 1. The first-order chi connectivity index (χ1) is 7.15. The van der Waals surface area contributed by atoms with Crippen LogP contribution in [0, 0.1) is 0 Å². The van der Waals surface area contributed by atoms with Gasteiger partial charge in [-0.15, -0.1) is 0 Å². The van der Waals surface area contributed by atoms with Crippen LogP contribution >= 0.6 is 0 Å². The van der Waals surface area contributed by atoms with Crippen molar-refractivity contribution in [1.82, 2.24) is 5.32 Å². The van der Waals surface area contributed by atoms with Crippen molar-refractivity contribution in [2.45, 2.75) is 52.1 Å². The summed E-state index contributed by atoms with van der Waals surface area (Å²) in [6, 6.07) is 11.8. The number of hydrogen-bond acceptors (Lipinski definition) is 1. The number of nitrogens with one attached hydrogen (secondary N) is 1. The fraction of sp³-hybridized carbons (Fsp3) is 0.571. The molecule has 0 saturated carbocycles. The lowest BCUT2D eigenvalue weighted by Crippen LogP contribution is -2.37. The lowest BCUT2D eigenvalue weighted by Gasteiger charge is -2.25. The summed E-state index contributed by atoms with van der Waals surface area (Å²) in [5.41, 5.74) is 1.42. The van der Waals surface area contributed by atoms with Gasteiger partial charge in [0.1, 0.15) is 0 Å². The van der Waals surface area contributed by atoms with E-state index in [4.69, 9.17) is 0 Å². The summed E-state index contributed by atoms with van der Waals surface area (Å²) in [6.45, 7) is 9.02. The van der Waals surface area contributed by atoms with E-state index in [0.29, 0.717) is 18.0 Å². The topological polar surface area (TPSA) is 12.0 Å². The number of rotatable bonds is 5. The van der Waals surface area contributed by atoms with E-state index in [9.17, 15) is 0 Å². The Morgan fingerprint density at radius 2 is 1.67 bits per heavy atom. The highest BCUT2D eigenvalue weighted by molar-refractivity contribution is 5.20. The molecule has 0 aromatic heterocycles. The third-order valence-corrected chi connectivity index (χ3v) is 3.24. The van der Waals surface area contributed by atoms with Gasteiger partial charge in [-0.3, -0.25) is 0 Å². The van der Waals surface area contributed by atoms with Gasteiger partial charge < -0.3 is 5.32 Å². The van der Waals surface area contributed by atoms with Gasteiger partial charge in [0.05, 0.1) is 0 Å². The molecule has 1 aromatic carbocycles. The molecule has 1 heteroatoms. The largest absolute Gasteiger partial charge is 0.311 e. The molecule has 1 rings (SSSR count). The van der Waals surface area contributed by atoms with Crippen LogP contribution in [0.2, 0.25) is 0 Å². The van der Waals surface area contributed by atoms with Crippen molar-refractivity contribution in [3.05, 3.63) is 35.9 Å². The van der Waals surface area contributed by atoms with Crippen LogP contribution in [0.3, 0.4) is 0 Å². The third kappa shape index (κ3) is 3.67. The SMILES string of the molecule is CCC(C)NC(C)C(C)c1ccccc1. The predicted octanol–water partition coefficient (Wildman–Crippen LogP) is 3.57. The second-order valence-electron chi connectivity index (χ2n) is 4.46.